The fourth-order valence-electron chi connectivity index (χ4n) is 3.38. The van der Waals surface area contributed by atoms with E-state index in [0.717, 1.165) is 42.4 Å². The SMILES string of the molecule is O=C(C=Cc1ccc(/C=C(/C(=O)NC2CC2)c2cccc(Cl)c2)cc1)NCCCCCC(=O)NO. The number of benzene rings is 2. The number of hydrogen-bond donors (Lipinski definition) is 4. The van der Waals surface area contributed by atoms with Crippen molar-refractivity contribution in [2.24, 2.45) is 0 Å². The van der Waals surface area contributed by atoms with Crippen LogP contribution in [0.2, 0.25) is 5.02 Å². The highest BCUT2D eigenvalue weighted by Crippen LogP contribution is 2.25. The number of amides is 3. The Morgan fingerprint density at radius 3 is 2.43 bits per heavy atom. The zero-order chi connectivity index (χ0) is 25.0. The quantitative estimate of drug-likeness (QED) is 0.115. The molecule has 0 aromatic heterocycles. The molecule has 1 fully saturated rings. The predicted molar refractivity (Wildman–Crippen MR) is 137 cm³/mol. The van der Waals surface area contributed by atoms with Gasteiger partial charge in [-0.1, -0.05) is 54.4 Å². The van der Waals surface area contributed by atoms with Crippen LogP contribution < -0.4 is 16.1 Å². The molecular weight excluding hydrogens is 466 g/mol. The maximum Gasteiger partial charge on any atom is 0.252 e. The fraction of sp³-hybridized carbons (Fsp3) is 0.296. The molecule has 8 heteroatoms. The second-order valence-corrected chi connectivity index (χ2v) is 8.89. The van der Waals surface area contributed by atoms with E-state index in [-0.39, 0.29) is 24.3 Å². The Hall–Kier alpha value is -3.42. The van der Waals surface area contributed by atoms with E-state index in [1.54, 1.807) is 23.7 Å². The lowest BCUT2D eigenvalue weighted by molar-refractivity contribution is -0.129. The molecule has 35 heavy (non-hydrogen) atoms. The van der Waals surface area contributed by atoms with E-state index in [4.69, 9.17) is 16.8 Å². The van der Waals surface area contributed by atoms with Crippen molar-refractivity contribution in [1.29, 1.82) is 0 Å². The van der Waals surface area contributed by atoms with E-state index in [1.165, 1.54) is 6.08 Å². The Kier molecular flexibility index (Phi) is 10.1. The van der Waals surface area contributed by atoms with E-state index in [2.05, 4.69) is 10.6 Å². The van der Waals surface area contributed by atoms with Gasteiger partial charge < -0.3 is 10.6 Å². The average Bonchev–Trinajstić information content (AvgIpc) is 3.67. The number of hydroxylamine groups is 1. The summed E-state index contributed by atoms with van der Waals surface area (Å²) in [6, 6.07) is 15.1. The molecule has 7 nitrogen and oxygen atoms in total. The highest BCUT2D eigenvalue weighted by Gasteiger charge is 2.25. The van der Waals surface area contributed by atoms with Crippen LogP contribution in [0.4, 0.5) is 0 Å². The van der Waals surface area contributed by atoms with Gasteiger partial charge in [0.1, 0.15) is 0 Å². The third-order valence-electron chi connectivity index (χ3n) is 5.47. The number of nitrogens with one attached hydrogen (secondary N) is 3. The molecule has 0 bridgehead atoms. The Bertz CT molecular complexity index is 1090. The van der Waals surface area contributed by atoms with Crippen molar-refractivity contribution >= 4 is 47.0 Å². The first-order valence-corrected chi connectivity index (χ1v) is 12.1. The van der Waals surface area contributed by atoms with Crippen LogP contribution in [0.1, 0.15) is 55.2 Å². The minimum Gasteiger partial charge on any atom is -0.353 e. The van der Waals surface area contributed by atoms with Crippen LogP contribution in [0.5, 0.6) is 0 Å². The summed E-state index contributed by atoms with van der Waals surface area (Å²) >= 11 is 6.14. The van der Waals surface area contributed by atoms with Gasteiger partial charge in [0, 0.05) is 35.7 Å². The van der Waals surface area contributed by atoms with Crippen molar-refractivity contribution in [3.05, 3.63) is 76.3 Å². The summed E-state index contributed by atoms with van der Waals surface area (Å²) in [5.74, 6) is -0.713. The Morgan fingerprint density at radius 2 is 1.74 bits per heavy atom. The fourth-order valence-corrected chi connectivity index (χ4v) is 3.57. The highest BCUT2D eigenvalue weighted by atomic mass is 35.5. The molecule has 3 rings (SSSR count). The van der Waals surface area contributed by atoms with Gasteiger partial charge in [0.05, 0.1) is 0 Å². The van der Waals surface area contributed by atoms with E-state index >= 15 is 0 Å². The van der Waals surface area contributed by atoms with Crippen molar-refractivity contribution in [2.75, 3.05) is 6.54 Å². The minimum atomic E-state index is -0.402. The monoisotopic (exact) mass is 495 g/mol. The maximum atomic E-state index is 12.8. The number of carbonyl (C=O) groups excluding carboxylic acids is 3. The molecule has 0 aliphatic heterocycles. The molecule has 0 unspecified atom stereocenters. The minimum absolute atomic E-state index is 0.118. The highest BCUT2D eigenvalue weighted by molar-refractivity contribution is 6.31. The molecule has 0 radical (unpaired) electrons. The van der Waals surface area contributed by atoms with Crippen molar-refractivity contribution in [3.63, 3.8) is 0 Å². The summed E-state index contributed by atoms with van der Waals surface area (Å²) in [5, 5.41) is 14.9. The summed E-state index contributed by atoms with van der Waals surface area (Å²) in [6.07, 6.45) is 9.51. The second kappa shape index (κ2) is 13.5. The van der Waals surface area contributed by atoms with E-state index in [1.807, 2.05) is 42.5 Å². The van der Waals surface area contributed by atoms with Crippen LogP contribution in [-0.2, 0) is 14.4 Å². The lowest BCUT2D eigenvalue weighted by Crippen LogP contribution is -2.26. The van der Waals surface area contributed by atoms with Gasteiger partial charge >= 0.3 is 0 Å². The van der Waals surface area contributed by atoms with Crippen LogP contribution in [0.25, 0.3) is 17.7 Å². The standard InChI is InChI=1S/C27H30ClN3O4/c28-22-6-4-5-21(18-22)24(27(34)30-23-13-14-23)17-20-10-8-19(9-11-20)12-15-25(32)29-16-3-1-2-7-26(33)31-35/h4-6,8-12,15,17-18,23,35H,1-3,7,13-14,16H2,(H,29,32)(H,30,34)(H,31,33)/b15-12?,24-17+. The number of rotatable bonds is 12. The molecule has 0 heterocycles. The zero-order valence-electron chi connectivity index (χ0n) is 19.4. The van der Waals surface area contributed by atoms with Gasteiger partial charge in [0.15, 0.2) is 0 Å². The molecule has 0 saturated heterocycles. The van der Waals surface area contributed by atoms with Gasteiger partial charge in [0.2, 0.25) is 11.8 Å². The average molecular weight is 496 g/mol. The number of halogens is 1. The first kappa shape index (κ1) is 26.2. The largest absolute Gasteiger partial charge is 0.353 e. The van der Waals surface area contributed by atoms with Gasteiger partial charge in [-0.2, -0.15) is 0 Å². The first-order chi connectivity index (χ1) is 16.9. The van der Waals surface area contributed by atoms with Crippen LogP contribution in [0.15, 0.2) is 54.6 Å². The Morgan fingerprint density at radius 1 is 1.00 bits per heavy atom. The van der Waals surface area contributed by atoms with Crippen LogP contribution >= 0.6 is 11.6 Å². The molecule has 3 amide bonds. The van der Waals surface area contributed by atoms with Crippen molar-refractivity contribution in [1.82, 2.24) is 16.1 Å². The molecule has 2 aromatic carbocycles. The summed E-state index contributed by atoms with van der Waals surface area (Å²) < 4.78 is 0. The lowest BCUT2D eigenvalue weighted by Gasteiger charge is -2.10. The van der Waals surface area contributed by atoms with Crippen molar-refractivity contribution in [3.8, 4) is 0 Å². The van der Waals surface area contributed by atoms with Crippen molar-refractivity contribution in [2.45, 2.75) is 44.6 Å². The summed E-state index contributed by atoms with van der Waals surface area (Å²) in [7, 11) is 0. The van der Waals surface area contributed by atoms with Crippen LogP contribution in [0.3, 0.4) is 0 Å². The second-order valence-electron chi connectivity index (χ2n) is 8.45. The first-order valence-electron chi connectivity index (χ1n) is 11.7. The number of unbranched alkanes of at least 4 members (excludes halogenated alkanes) is 2. The lowest BCUT2D eigenvalue weighted by atomic mass is 10.0. The predicted octanol–water partition coefficient (Wildman–Crippen LogP) is 4.35. The van der Waals surface area contributed by atoms with Crippen LogP contribution in [0, 0.1) is 0 Å². The topological polar surface area (TPSA) is 108 Å². The van der Waals surface area contributed by atoms with Crippen LogP contribution in [-0.4, -0.2) is 35.5 Å². The molecule has 4 N–H and O–H groups in total. The van der Waals surface area contributed by atoms with Gasteiger partial charge in [-0.05, 0) is 66.7 Å². The summed E-state index contributed by atoms with van der Waals surface area (Å²) in [5.41, 5.74) is 4.63. The van der Waals surface area contributed by atoms with Gasteiger partial charge in [-0.25, -0.2) is 5.48 Å². The van der Waals surface area contributed by atoms with E-state index in [9.17, 15) is 14.4 Å². The molecule has 184 valence electrons. The third-order valence-corrected chi connectivity index (χ3v) is 5.71. The molecule has 2 aromatic rings. The summed E-state index contributed by atoms with van der Waals surface area (Å²) in [4.78, 5) is 35.8. The smallest absolute Gasteiger partial charge is 0.252 e. The number of hydrogen-bond acceptors (Lipinski definition) is 4. The van der Waals surface area contributed by atoms with Crippen molar-refractivity contribution < 1.29 is 19.6 Å². The van der Waals surface area contributed by atoms with E-state index < -0.39 is 5.91 Å². The Labute approximate surface area is 210 Å². The molecular formula is C27H30ClN3O4. The molecule has 0 spiro atoms. The normalized spacial score (nSPS) is 13.5. The molecule has 0 atom stereocenters. The Balaban J connectivity index is 1.55. The third kappa shape index (κ3) is 9.39. The maximum absolute atomic E-state index is 12.8. The van der Waals surface area contributed by atoms with E-state index in [0.29, 0.717) is 23.6 Å². The molecule has 1 aliphatic rings. The number of carbonyl (C=O) groups is 3. The molecule has 1 saturated carbocycles. The molecule has 1 aliphatic carbocycles. The zero-order valence-corrected chi connectivity index (χ0v) is 20.2. The van der Waals surface area contributed by atoms with Gasteiger partial charge in [0.25, 0.3) is 5.91 Å². The van der Waals surface area contributed by atoms with Gasteiger partial charge in [-0.3, -0.25) is 19.6 Å². The van der Waals surface area contributed by atoms with Gasteiger partial charge in [-0.15, -0.1) is 0 Å². The summed E-state index contributed by atoms with van der Waals surface area (Å²) in [6.45, 7) is 0.517.